The van der Waals surface area contributed by atoms with E-state index in [-0.39, 0.29) is 5.91 Å². The number of aryl methyl sites for hydroxylation is 2. The topological polar surface area (TPSA) is 99.2 Å². The highest BCUT2D eigenvalue weighted by atomic mass is 16.5. The summed E-state index contributed by atoms with van der Waals surface area (Å²) in [7, 11) is 0. The van der Waals surface area contributed by atoms with Gasteiger partial charge in [-0.15, -0.1) is 10.2 Å². The van der Waals surface area contributed by atoms with E-state index in [1.807, 2.05) is 55.8 Å². The van der Waals surface area contributed by atoms with Crippen LogP contribution in [0.5, 0.6) is 11.6 Å². The van der Waals surface area contributed by atoms with Gasteiger partial charge in [-0.2, -0.15) is 0 Å². The number of aromatic nitrogens is 6. The Balaban J connectivity index is 1.27. The second-order valence-electron chi connectivity index (χ2n) is 7.57. The van der Waals surface area contributed by atoms with E-state index in [4.69, 9.17) is 4.74 Å². The van der Waals surface area contributed by atoms with E-state index in [0.717, 1.165) is 17.0 Å². The number of carbonyl (C=O) groups excluding carboxylic acids is 1. The molecular weight excluding hydrogens is 418 g/mol. The van der Waals surface area contributed by atoms with Crippen LogP contribution in [0.15, 0.2) is 67.1 Å². The van der Waals surface area contributed by atoms with Crippen LogP contribution in [0.1, 0.15) is 27.6 Å². The normalized spacial score (nSPS) is 11.0. The second kappa shape index (κ2) is 8.19. The Labute approximate surface area is 189 Å². The van der Waals surface area contributed by atoms with Gasteiger partial charge in [0.2, 0.25) is 5.88 Å². The summed E-state index contributed by atoms with van der Waals surface area (Å²) in [5.41, 5.74) is 4.50. The second-order valence-corrected chi connectivity index (χ2v) is 7.57. The molecule has 0 aliphatic rings. The Morgan fingerprint density at radius 1 is 0.939 bits per heavy atom. The standard InChI is InChI=1S/C24H21N7O2/c1-15-17(3)31(14-25-15)21-11-12-22(29-28-21)33-19-9-7-18(8-10-19)27-24(32)23-16(2)26-20-6-4-5-13-30(20)23/h4-14H,1-3H3,(H,27,32). The zero-order valence-electron chi connectivity index (χ0n) is 18.4. The van der Waals surface area contributed by atoms with Gasteiger partial charge >= 0.3 is 0 Å². The lowest BCUT2D eigenvalue weighted by molar-refractivity contribution is 0.102. The molecule has 1 amide bonds. The third-order valence-corrected chi connectivity index (χ3v) is 5.38. The number of amides is 1. The highest BCUT2D eigenvalue weighted by Gasteiger charge is 2.16. The van der Waals surface area contributed by atoms with E-state index in [1.165, 1.54) is 0 Å². The molecule has 0 atom stereocenters. The first-order chi connectivity index (χ1) is 16.0. The number of hydrogen-bond donors (Lipinski definition) is 1. The predicted octanol–water partition coefficient (Wildman–Crippen LogP) is 4.28. The molecule has 4 aromatic heterocycles. The van der Waals surface area contributed by atoms with Crippen LogP contribution in [-0.2, 0) is 0 Å². The van der Waals surface area contributed by atoms with Crippen molar-refractivity contribution in [2.45, 2.75) is 20.8 Å². The van der Waals surface area contributed by atoms with Crippen LogP contribution in [0, 0.1) is 20.8 Å². The molecule has 0 bridgehead atoms. The fraction of sp³-hybridized carbons (Fsp3) is 0.125. The largest absolute Gasteiger partial charge is 0.438 e. The zero-order valence-corrected chi connectivity index (χ0v) is 18.4. The van der Waals surface area contributed by atoms with Gasteiger partial charge in [0.1, 0.15) is 23.4 Å². The molecule has 1 aromatic carbocycles. The molecule has 0 aliphatic carbocycles. The summed E-state index contributed by atoms with van der Waals surface area (Å²) < 4.78 is 9.43. The molecule has 5 rings (SSSR count). The lowest BCUT2D eigenvalue weighted by Crippen LogP contribution is -2.15. The van der Waals surface area contributed by atoms with Gasteiger partial charge in [0.25, 0.3) is 5.91 Å². The number of ether oxygens (including phenoxy) is 1. The van der Waals surface area contributed by atoms with Gasteiger partial charge < -0.3 is 10.1 Å². The number of hydrogen-bond acceptors (Lipinski definition) is 6. The van der Waals surface area contributed by atoms with E-state index >= 15 is 0 Å². The molecule has 0 saturated carbocycles. The first-order valence-electron chi connectivity index (χ1n) is 10.4. The maximum absolute atomic E-state index is 12.8. The summed E-state index contributed by atoms with van der Waals surface area (Å²) in [4.78, 5) is 21.5. The lowest BCUT2D eigenvalue weighted by Gasteiger charge is -2.09. The molecular formula is C24H21N7O2. The Hall–Kier alpha value is -4.53. The number of pyridine rings is 1. The van der Waals surface area contributed by atoms with Gasteiger partial charge in [0.05, 0.1) is 11.4 Å². The number of anilines is 1. The number of benzene rings is 1. The molecule has 5 aromatic rings. The molecule has 1 N–H and O–H groups in total. The summed E-state index contributed by atoms with van der Waals surface area (Å²) in [6, 6.07) is 16.2. The van der Waals surface area contributed by atoms with Crippen LogP contribution in [-0.4, -0.2) is 35.0 Å². The third kappa shape index (κ3) is 3.91. The average molecular weight is 439 g/mol. The van der Waals surface area contributed by atoms with Crippen molar-refractivity contribution in [2.24, 2.45) is 0 Å². The van der Waals surface area contributed by atoms with Crippen LogP contribution in [0.2, 0.25) is 0 Å². The van der Waals surface area contributed by atoms with Gasteiger partial charge in [0, 0.05) is 23.6 Å². The van der Waals surface area contributed by atoms with E-state index in [2.05, 4.69) is 25.5 Å². The van der Waals surface area contributed by atoms with Crippen molar-refractivity contribution < 1.29 is 9.53 Å². The number of rotatable bonds is 5. The van der Waals surface area contributed by atoms with Gasteiger partial charge in [-0.3, -0.25) is 13.8 Å². The van der Waals surface area contributed by atoms with Crippen LogP contribution < -0.4 is 10.1 Å². The van der Waals surface area contributed by atoms with Crippen molar-refractivity contribution >= 4 is 17.2 Å². The summed E-state index contributed by atoms with van der Waals surface area (Å²) in [6.07, 6.45) is 3.54. The molecule has 0 radical (unpaired) electrons. The van der Waals surface area contributed by atoms with Crippen molar-refractivity contribution in [2.75, 3.05) is 5.32 Å². The molecule has 0 unspecified atom stereocenters. The van der Waals surface area contributed by atoms with Gasteiger partial charge in [0.15, 0.2) is 5.82 Å². The SMILES string of the molecule is Cc1ncn(-c2ccc(Oc3ccc(NC(=O)c4c(C)nc5ccccn45)cc3)nn2)c1C. The van der Waals surface area contributed by atoms with Crippen molar-refractivity contribution in [1.29, 1.82) is 0 Å². The highest BCUT2D eigenvalue weighted by molar-refractivity contribution is 6.04. The number of nitrogens with one attached hydrogen (secondary N) is 1. The zero-order chi connectivity index (χ0) is 22.9. The average Bonchev–Trinajstić information content (AvgIpc) is 3.33. The molecule has 9 nitrogen and oxygen atoms in total. The van der Waals surface area contributed by atoms with Gasteiger partial charge in [-0.05, 0) is 63.2 Å². The van der Waals surface area contributed by atoms with Crippen molar-refractivity contribution in [1.82, 2.24) is 29.1 Å². The van der Waals surface area contributed by atoms with Gasteiger partial charge in [-0.1, -0.05) is 6.07 Å². The summed E-state index contributed by atoms with van der Waals surface area (Å²) >= 11 is 0. The van der Waals surface area contributed by atoms with Crippen molar-refractivity contribution in [3.8, 4) is 17.4 Å². The molecule has 164 valence electrons. The van der Waals surface area contributed by atoms with Crippen molar-refractivity contribution in [3.05, 3.63) is 89.9 Å². The fourth-order valence-corrected chi connectivity index (χ4v) is 3.53. The van der Waals surface area contributed by atoms with Crippen LogP contribution in [0.3, 0.4) is 0 Å². The molecule has 0 fully saturated rings. The predicted molar refractivity (Wildman–Crippen MR) is 123 cm³/mol. The number of fused-ring (bicyclic) bond motifs is 1. The Bertz CT molecular complexity index is 1450. The number of nitrogens with zero attached hydrogens (tertiary/aromatic N) is 6. The summed E-state index contributed by atoms with van der Waals surface area (Å²) in [6.45, 7) is 5.74. The first-order valence-corrected chi connectivity index (χ1v) is 10.4. The summed E-state index contributed by atoms with van der Waals surface area (Å²) in [5.74, 6) is 1.38. The van der Waals surface area contributed by atoms with Crippen LogP contribution in [0.4, 0.5) is 5.69 Å². The van der Waals surface area contributed by atoms with Crippen LogP contribution in [0.25, 0.3) is 11.5 Å². The molecule has 4 heterocycles. The molecule has 9 heteroatoms. The minimum atomic E-state index is -0.230. The summed E-state index contributed by atoms with van der Waals surface area (Å²) in [5, 5.41) is 11.3. The molecule has 0 spiro atoms. The van der Waals surface area contributed by atoms with E-state index in [9.17, 15) is 4.79 Å². The highest BCUT2D eigenvalue weighted by Crippen LogP contribution is 2.23. The minimum Gasteiger partial charge on any atom is -0.438 e. The molecule has 33 heavy (non-hydrogen) atoms. The monoisotopic (exact) mass is 439 g/mol. The quantitative estimate of drug-likeness (QED) is 0.439. The maximum atomic E-state index is 12.8. The van der Waals surface area contributed by atoms with E-state index < -0.39 is 0 Å². The third-order valence-electron chi connectivity index (χ3n) is 5.38. The first kappa shape index (κ1) is 20.4. The number of imidazole rings is 2. The Morgan fingerprint density at radius 3 is 2.45 bits per heavy atom. The van der Waals surface area contributed by atoms with Crippen molar-refractivity contribution in [3.63, 3.8) is 0 Å². The van der Waals surface area contributed by atoms with E-state index in [1.54, 1.807) is 41.1 Å². The molecule has 0 saturated heterocycles. The van der Waals surface area contributed by atoms with Gasteiger partial charge in [-0.25, -0.2) is 9.97 Å². The van der Waals surface area contributed by atoms with Crippen LogP contribution >= 0.6 is 0 Å². The smallest absolute Gasteiger partial charge is 0.274 e. The van der Waals surface area contributed by atoms with E-state index in [0.29, 0.717) is 34.5 Å². The molecule has 0 aliphatic heterocycles. The maximum Gasteiger partial charge on any atom is 0.274 e. The Morgan fingerprint density at radius 2 is 1.76 bits per heavy atom. The minimum absolute atomic E-state index is 0.230. The lowest BCUT2D eigenvalue weighted by atomic mass is 10.2. The number of carbonyl (C=O) groups is 1. The Kier molecular flexibility index (Phi) is 5.06. The fourth-order valence-electron chi connectivity index (χ4n) is 3.53.